The van der Waals surface area contributed by atoms with Crippen molar-refractivity contribution in [2.45, 2.75) is 31.4 Å². The van der Waals surface area contributed by atoms with E-state index in [4.69, 9.17) is 12.6 Å². The standard InChI is InChI=1S/C10H12BNO/c11-6-9-3-4-10(13-9)8-2-1-5-12-7-8/h1-2,5,7,9-10H,3-4,6H2. The number of ether oxygens (including phenoxy) is 1. The molecular weight excluding hydrogens is 161 g/mol. The fourth-order valence-electron chi connectivity index (χ4n) is 1.69. The number of hydrogen-bond donors (Lipinski definition) is 0. The van der Waals surface area contributed by atoms with Crippen LogP contribution in [0.4, 0.5) is 0 Å². The van der Waals surface area contributed by atoms with Crippen LogP contribution in [-0.2, 0) is 4.74 Å². The molecular formula is C10H12BNO. The topological polar surface area (TPSA) is 22.1 Å². The third-order valence-electron chi connectivity index (χ3n) is 2.43. The van der Waals surface area contributed by atoms with Crippen molar-refractivity contribution in [2.24, 2.45) is 0 Å². The van der Waals surface area contributed by atoms with Crippen LogP contribution >= 0.6 is 0 Å². The van der Waals surface area contributed by atoms with Crippen molar-refractivity contribution >= 4 is 7.85 Å². The van der Waals surface area contributed by atoms with Crippen LogP contribution < -0.4 is 0 Å². The second-order valence-electron chi connectivity index (χ2n) is 3.35. The van der Waals surface area contributed by atoms with Crippen LogP contribution in [0.3, 0.4) is 0 Å². The molecule has 13 heavy (non-hydrogen) atoms. The highest BCUT2D eigenvalue weighted by molar-refractivity contribution is 6.08. The molecule has 0 N–H and O–H groups in total. The van der Waals surface area contributed by atoms with Crippen molar-refractivity contribution in [3.05, 3.63) is 30.1 Å². The average molecular weight is 173 g/mol. The van der Waals surface area contributed by atoms with Crippen molar-refractivity contribution in [1.29, 1.82) is 0 Å². The second kappa shape index (κ2) is 3.92. The molecule has 1 aromatic heterocycles. The maximum absolute atomic E-state index is 5.73. The minimum Gasteiger partial charge on any atom is -0.371 e. The normalized spacial score (nSPS) is 27.7. The fraction of sp³-hybridized carbons (Fsp3) is 0.500. The molecule has 1 fully saturated rings. The Morgan fingerprint density at radius 3 is 3.08 bits per heavy atom. The minimum absolute atomic E-state index is 0.210. The highest BCUT2D eigenvalue weighted by atomic mass is 16.5. The first-order chi connectivity index (χ1) is 6.40. The number of pyridine rings is 1. The van der Waals surface area contributed by atoms with Gasteiger partial charge in [-0.25, -0.2) is 0 Å². The molecule has 66 valence electrons. The van der Waals surface area contributed by atoms with E-state index in [1.54, 1.807) is 6.20 Å². The summed E-state index contributed by atoms with van der Waals surface area (Å²) in [6, 6.07) is 3.99. The SMILES string of the molecule is [B]CC1CCC(c2cccnc2)O1. The Balaban J connectivity index is 2.04. The van der Waals surface area contributed by atoms with Crippen molar-refractivity contribution in [3.8, 4) is 0 Å². The molecule has 3 heteroatoms. The van der Waals surface area contributed by atoms with Gasteiger partial charge in [0.05, 0.1) is 20.1 Å². The van der Waals surface area contributed by atoms with Crippen LogP contribution in [-0.4, -0.2) is 18.9 Å². The van der Waals surface area contributed by atoms with Crippen molar-refractivity contribution in [2.75, 3.05) is 0 Å². The zero-order valence-electron chi connectivity index (χ0n) is 7.52. The van der Waals surface area contributed by atoms with Gasteiger partial charge in [0.1, 0.15) is 0 Å². The molecule has 1 aliphatic rings. The lowest BCUT2D eigenvalue weighted by atomic mass is 9.97. The summed E-state index contributed by atoms with van der Waals surface area (Å²) < 4.78 is 5.73. The quantitative estimate of drug-likeness (QED) is 0.637. The molecule has 2 unspecified atom stereocenters. The van der Waals surface area contributed by atoms with Crippen LogP contribution in [0, 0.1) is 0 Å². The van der Waals surface area contributed by atoms with E-state index < -0.39 is 0 Å². The molecule has 2 atom stereocenters. The molecule has 1 saturated heterocycles. The smallest absolute Gasteiger partial charge is 0.0844 e. The average Bonchev–Trinajstić information content (AvgIpc) is 2.67. The predicted molar refractivity (Wildman–Crippen MR) is 51.6 cm³/mol. The van der Waals surface area contributed by atoms with Crippen molar-refractivity contribution < 1.29 is 4.74 Å². The first-order valence-electron chi connectivity index (χ1n) is 4.65. The zero-order chi connectivity index (χ0) is 9.10. The summed E-state index contributed by atoms with van der Waals surface area (Å²) in [4.78, 5) is 4.07. The van der Waals surface area contributed by atoms with E-state index >= 15 is 0 Å². The van der Waals surface area contributed by atoms with E-state index in [-0.39, 0.29) is 12.2 Å². The summed E-state index contributed by atoms with van der Waals surface area (Å²) in [6.07, 6.45) is 6.84. The molecule has 0 bridgehead atoms. The van der Waals surface area contributed by atoms with Gasteiger partial charge in [0.25, 0.3) is 0 Å². The van der Waals surface area contributed by atoms with E-state index in [0.717, 1.165) is 12.8 Å². The van der Waals surface area contributed by atoms with E-state index in [2.05, 4.69) is 11.1 Å². The van der Waals surface area contributed by atoms with E-state index in [1.165, 1.54) is 5.56 Å². The van der Waals surface area contributed by atoms with Gasteiger partial charge < -0.3 is 4.74 Å². The number of hydrogen-bond acceptors (Lipinski definition) is 2. The van der Waals surface area contributed by atoms with Crippen molar-refractivity contribution in [1.82, 2.24) is 4.98 Å². The van der Waals surface area contributed by atoms with Gasteiger partial charge in [-0.05, 0) is 24.5 Å². The third-order valence-corrected chi connectivity index (χ3v) is 2.43. The summed E-state index contributed by atoms with van der Waals surface area (Å²) in [7, 11) is 5.53. The Morgan fingerprint density at radius 2 is 2.46 bits per heavy atom. The van der Waals surface area contributed by atoms with Gasteiger partial charge in [-0.2, -0.15) is 0 Å². The van der Waals surface area contributed by atoms with Gasteiger partial charge in [-0.3, -0.25) is 4.98 Å². The minimum atomic E-state index is 0.210. The molecule has 0 saturated carbocycles. The number of aromatic nitrogens is 1. The lowest BCUT2D eigenvalue weighted by Crippen LogP contribution is -2.05. The van der Waals surface area contributed by atoms with Gasteiger partial charge in [0.2, 0.25) is 0 Å². The fourth-order valence-corrected chi connectivity index (χ4v) is 1.69. The molecule has 2 heterocycles. The number of nitrogens with zero attached hydrogens (tertiary/aromatic N) is 1. The molecule has 0 aromatic carbocycles. The van der Waals surface area contributed by atoms with Gasteiger partial charge in [0.15, 0.2) is 0 Å². The third kappa shape index (κ3) is 1.91. The van der Waals surface area contributed by atoms with Crippen LogP contribution in [0.15, 0.2) is 24.5 Å². The van der Waals surface area contributed by atoms with Crippen LogP contribution in [0.2, 0.25) is 6.32 Å². The largest absolute Gasteiger partial charge is 0.371 e. The maximum Gasteiger partial charge on any atom is 0.0844 e. The van der Waals surface area contributed by atoms with E-state index in [9.17, 15) is 0 Å². The van der Waals surface area contributed by atoms with Crippen LogP contribution in [0.1, 0.15) is 24.5 Å². The Labute approximate surface area is 79.7 Å². The van der Waals surface area contributed by atoms with Gasteiger partial charge in [0, 0.05) is 12.4 Å². The second-order valence-corrected chi connectivity index (χ2v) is 3.35. The number of rotatable bonds is 2. The lowest BCUT2D eigenvalue weighted by molar-refractivity contribution is 0.0557. The molecule has 1 aliphatic heterocycles. The molecule has 2 rings (SSSR count). The summed E-state index contributed by atoms with van der Waals surface area (Å²) in [5, 5.41) is 0. The van der Waals surface area contributed by atoms with E-state index in [1.807, 2.05) is 12.3 Å². The van der Waals surface area contributed by atoms with Crippen molar-refractivity contribution in [3.63, 3.8) is 0 Å². The molecule has 0 aliphatic carbocycles. The molecule has 0 spiro atoms. The monoisotopic (exact) mass is 173 g/mol. The van der Waals surface area contributed by atoms with Gasteiger partial charge in [-0.1, -0.05) is 12.4 Å². The first kappa shape index (κ1) is 8.76. The Kier molecular flexibility index (Phi) is 2.64. The summed E-state index contributed by atoms with van der Waals surface area (Å²) in [5.41, 5.74) is 1.17. The zero-order valence-corrected chi connectivity index (χ0v) is 7.52. The Hall–Kier alpha value is -0.825. The summed E-state index contributed by atoms with van der Waals surface area (Å²) >= 11 is 0. The lowest BCUT2D eigenvalue weighted by Gasteiger charge is -2.11. The van der Waals surface area contributed by atoms with Crippen LogP contribution in [0.5, 0.6) is 0 Å². The van der Waals surface area contributed by atoms with Gasteiger partial charge in [-0.15, -0.1) is 0 Å². The molecule has 1 aromatic rings. The summed E-state index contributed by atoms with van der Waals surface area (Å²) in [6.45, 7) is 0. The Bertz CT molecular complexity index is 265. The maximum atomic E-state index is 5.73. The summed E-state index contributed by atoms with van der Waals surface area (Å²) in [5.74, 6) is 0. The molecule has 2 nitrogen and oxygen atoms in total. The molecule has 0 amide bonds. The first-order valence-corrected chi connectivity index (χ1v) is 4.65. The van der Waals surface area contributed by atoms with Gasteiger partial charge >= 0.3 is 0 Å². The van der Waals surface area contributed by atoms with Crippen LogP contribution in [0.25, 0.3) is 0 Å². The molecule has 2 radical (unpaired) electrons. The highest BCUT2D eigenvalue weighted by Gasteiger charge is 2.24. The van der Waals surface area contributed by atoms with E-state index in [0.29, 0.717) is 6.32 Å². The highest BCUT2D eigenvalue weighted by Crippen LogP contribution is 2.32. The predicted octanol–water partition coefficient (Wildman–Crippen LogP) is 1.89. The Morgan fingerprint density at radius 1 is 1.54 bits per heavy atom.